The molecule has 0 radical (unpaired) electrons. The number of hydrogen-bond acceptors (Lipinski definition) is 7. The van der Waals surface area contributed by atoms with Crippen LogP contribution in [-0.4, -0.2) is 21.2 Å². The number of nitrogens with zero attached hydrogens (tertiary/aromatic N) is 2. The van der Waals surface area contributed by atoms with Crippen molar-refractivity contribution in [1.82, 2.24) is 9.97 Å². The topological polar surface area (TPSA) is 106 Å². The number of aryl methyl sites for hydroxylation is 2. The molecule has 0 aliphatic carbocycles. The lowest BCUT2D eigenvalue weighted by Crippen LogP contribution is -2.10. The van der Waals surface area contributed by atoms with Gasteiger partial charge < -0.3 is 4.98 Å². The number of benzene rings is 1. The zero-order valence-electron chi connectivity index (χ0n) is 13.4. The van der Waals surface area contributed by atoms with Crippen LogP contribution in [0.25, 0.3) is 10.2 Å². The second kappa shape index (κ2) is 6.77. The Labute approximate surface area is 150 Å². The molecular weight excluding hydrogens is 362 g/mol. The molecule has 9 heteroatoms. The van der Waals surface area contributed by atoms with Crippen molar-refractivity contribution in [2.75, 3.05) is 0 Å². The highest BCUT2D eigenvalue weighted by Gasteiger charge is 2.17. The Balaban J connectivity index is 1.92. The summed E-state index contributed by atoms with van der Waals surface area (Å²) in [5.41, 5.74) is 0.829. The van der Waals surface area contributed by atoms with Crippen LogP contribution in [0.1, 0.15) is 26.6 Å². The highest BCUT2D eigenvalue weighted by atomic mass is 32.2. The molecule has 0 fully saturated rings. The summed E-state index contributed by atoms with van der Waals surface area (Å²) in [5, 5.41) is 11.8. The van der Waals surface area contributed by atoms with Crippen molar-refractivity contribution in [3.05, 3.63) is 60.5 Å². The van der Waals surface area contributed by atoms with Gasteiger partial charge in [0.25, 0.3) is 11.2 Å². The number of thioether (sulfide) groups is 1. The Morgan fingerprint density at radius 1 is 1.40 bits per heavy atom. The second-order valence-electron chi connectivity index (χ2n) is 5.37. The summed E-state index contributed by atoms with van der Waals surface area (Å²) in [5.74, 6) is 0.736. The highest BCUT2D eigenvalue weighted by molar-refractivity contribution is 7.98. The summed E-state index contributed by atoms with van der Waals surface area (Å²) < 4.78 is 0. The number of nitro benzene ring substituents is 1. The number of H-pyrrole nitrogens is 1. The molecule has 7 nitrogen and oxygen atoms in total. The lowest BCUT2D eigenvalue weighted by Gasteiger charge is -2.04. The van der Waals surface area contributed by atoms with E-state index in [1.165, 1.54) is 41.3 Å². The van der Waals surface area contributed by atoms with Crippen molar-refractivity contribution in [1.29, 1.82) is 0 Å². The summed E-state index contributed by atoms with van der Waals surface area (Å²) >= 11 is 2.64. The van der Waals surface area contributed by atoms with Crippen LogP contribution in [0.15, 0.2) is 27.9 Å². The molecule has 1 N–H and O–H groups in total. The number of aromatic amines is 1. The highest BCUT2D eigenvalue weighted by Crippen LogP contribution is 2.32. The number of carbonyl (C=O) groups is 1. The summed E-state index contributed by atoms with van der Waals surface area (Å²) in [7, 11) is 0. The molecule has 0 bridgehead atoms. The molecule has 2 aromatic heterocycles. The fourth-order valence-electron chi connectivity index (χ4n) is 2.39. The van der Waals surface area contributed by atoms with Crippen LogP contribution in [0, 0.1) is 24.0 Å². The van der Waals surface area contributed by atoms with Crippen molar-refractivity contribution in [3.63, 3.8) is 0 Å². The Bertz CT molecular complexity index is 1060. The van der Waals surface area contributed by atoms with E-state index in [1.807, 2.05) is 13.8 Å². The fraction of sp³-hybridized carbons (Fsp3) is 0.188. The molecule has 0 spiro atoms. The van der Waals surface area contributed by atoms with E-state index in [9.17, 15) is 19.7 Å². The minimum atomic E-state index is -0.527. The maximum Gasteiger partial charge on any atom is 0.283 e. The number of aldehydes is 1. The number of carbonyl (C=O) groups excluding carboxylic acids is 1. The van der Waals surface area contributed by atoms with Gasteiger partial charge in [0.2, 0.25) is 0 Å². The Hall–Kier alpha value is -2.52. The molecule has 0 saturated heterocycles. The molecule has 0 atom stereocenters. The molecule has 1 aromatic carbocycles. The molecule has 0 saturated carbocycles. The summed E-state index contributed by atoms with van der Waals surface area (Å²) in [4.78, 5) is 43.0. The minimum absolute atomic E-state index is 0.138. The van der Waals surface area contributed by atoms with E-state index in [-0.39, 0.29) is 22.6 Å². The van der Waals surface area contributed by atoms with Crippen molar-refractivity contribution < 1.29 is 9.72 Å². The summed E-state index contributed by atoms with van der Waals surface area (Å²) in [6, 6.07) is 4.29. The molecule has 0 aliphatic heterocycles. The van der Waals surface area contributed by atoms with Gasteiger partial charge in [0.15, 0.2) is 0 Å². The molecule has 0 unspecified atom stereocenters. The van der Waals surface area contributed by atoms with Gasteiger partial charge in [-0.25, -0.2) is 4.98 Å². The van der Waals surface area contributed by atoms with Crippen LogP contribution < -0.4 is 5.56 Å². The Kier molecular flexibility index (Phi) is 4.69. The standard InChI is InChI=1S/C16H13N3O4S2/c1-8-9(2)25-16-14(8)15(21)17-13(18-16)7-24-12-4-3-10(6-20)5-11(12)19(22)23/h3-6H,7H2,1-2H3,(H,17,18,21). The molecule has 128 valence electrons. The Morgan fingerprint density at radius 3 is 2.84 bits per heavy atom. The smallest absolute Gasteiger partial charge is 0.283 e. The van der Waals surface area contributed by atoms with Crippen molar-refractivity contribution in [2.24, 2.45) is 0 Å². The second-order valence-corrected chi connectivity index (χ2v) is 7.59. The van der Waals surface area contributed by atoms with Gasteiger partial charge in [-0.15, -0.1) is 23.1 Å². The first-order valence-electron chi connectivity index (χ1n) is 7.26. The van der Waals surface area contributed by atoms with Crippen molar-refractivity contribution in [2.45, 2.75) is 24.5 Å². The molecule has 25 heavy (non-hydrogen) atoms. The first-order valence-corrected chi connectivity index (χ1v) is 9.06. The van der Waals surface area contributed by atoms with E-state index in [4.69, 9.17) is 0 Å². The molecular formula is C16H13N3O4S2. The molecule has 3 aromatic rings. The van der Waals surface area contributed by atoms with Crippen LogP contribution in [-0.2, 0) is 5.75 Å². The third-order valence-electron chi connectivity index (χ3n) is 3.77. The average molecular weight is 375 g/mol. The number of fused-ring (bicyclic) bond motifs is 1. The van der Waals surface area contributed by atoms with Gasteiger partial charge in [-0.3, -0.25) is 19.7 Å². The third kappa shape index (κ3) is 3.33. The Morgan fingerprint density at radius 2 is 2.16 bits per heavy atom. The zero-order chi connectivity index (χ0) is 18.1. The molecule has 0 aliphatic rings. The van der Waals surface area contributed by atoms with Crippen LogP contribution in [0.3, 0.4) is 0 Å². The summed E-state index contributed by atoms with van der Waals surface area (Å²) in [6.45, 7) is 3.82. The van der Waals surface area contributed by atoms with Gasteiger partial charge in [0.1, 0.15) is 16.9 Å². The van der Waals surface area contributed by atoms with Gasteiger partial charge in [-0.2, -0.15) is 0 Å². The largest absolute Gasteiger partial charge is 0.309 e. The van der Waals surface area contributed by atoms with E-state index in [2.05, 4.69) is 9.97 Å². The SMILES string of the molecule is Cc1sc2nc(CSc3ccc(C=O)cc3[N+](=O)[O-])[nH]c(=O)c2c1C. The van der Waals surface area contributed by atoms with Crippen molar-refractivity contribution in [3.8, 4) is 0 Å². The first kappa shape index (κ1) is 17.3. The maximum atomic E-state index is 12.3. The quantitative estimate of drug-likeness (QED) is 0.316. The van der Waals surface area contributed by atoms with E-state index in [0.717, 1.165) is 10.4 Å². The van der Waals surface area contributed by atoms with Gasteiger partial charge in [-0.1, -0.05) is 6.07 Å². The number of hydrogen-bond donors (Lipinski definition) is 1. The third-order valence-corrected chi connectivity index (χ3v) is 5.94. The fourth-order valence-corrected chi connectivity index (χ4v) is 4.31. The number of nitro groups is 1. The monoisotopic (exact) mass is 375 g/mol. The normalized spacial score (nSPS) is 11.0. The van der Waals surface area contributed by atoms with Crippen LogP contribution in [0.4, 0.5) is 5.69 Å². The van der Waals surface area contributed by atoms with Gasteiger partial charge in [0, 0.05) is 16.5 Å². The lowest BCUT2D eigenvalue weighted by molar-refractivity contribution is -0.387. The van der Waals surface area contributed by atoms with Crippen molar-refractivity contribution >= 4 is 45.3 Å². The number of nitrogens with one attached hydrogen (secondary N) is 1. The number of thiophene rings is 1. The average Bonchev–Trinajstić information content (AvgIpc) is 2.87. The zero-order valence-corrected chi connectivity index (χ0v) is 15.0. The van der Waals surface area contributed by atoms with Crippen LogP contribution in [0.2, 0.25) is 0 Å². The van der Waals surface area contributed by atoms with E-state index >= 15 is 0 Å². The van der Waals surface area contributed by atoms with E-state index in [0.29, 0.717) is 27.2 Å². The predicted octanol–water partition coefficient (Wildman–Crippen LogP) is 3.61. The molecule has 0 amide bonds. The first-order chi connectivity index (χ1) is 11.9. The molecule has 2 heterocycles. The summed E-state index contributed by atoms with van der Waals surface area (Å²) in [6.07, 6.45) is 0.565. The minimum Gasteiger partial charge on any atom is -0.309 e. The number of rotatable bonds is 5. The van der Waals surface area contributed by atoms with E-state index in [1.54, 1.807) is 0 Å². The molecule has 3 rings (SSSR count). The van der Waals surface area contributed by atoms with E-state index < -0.39 is 4.92 Å². The van der Waals surface area contributed by atoms with Gasteiger partial charge in [-0.05, 0) is 25.5 Å². The van der Waals surface area contributed by atoms with Crippen LogP contribution in [0.5, 0.6) is 0 Å². The van der Waals surface area contributed by atoms with Gasteiger partial charge >= 0.3 is 0 Å². The maximum absolute atomic E-state index is 12.3. The predicted molar refractivity (Wildman–Crippen MR) is 97.8 cm³/mol. The van der Waals surface area contributed by atoms with Gasteiger partial charge in [0.05, 0.1) is 21.0 Å². The van der Waals surface area contributed by atoms with Crippen LogP contribution >= 0.6 is 23.1 Å². The number of aromatic nitrogens is 2. The lowest BCUT2D eigenvalue weighted by atomic mass is 10.2.